The standard InChI is InChI=1S/C18H24N4O2/c1-3-20-18(23)22(4-2)15-5-6-17-16(10-15)13(7-8-24-17)9-14-11-19-12-21-14/h5-6,10-13H,3-4,7-9H2,1-2H3,(H,19,21)(H,20,23). The molecule has 3 rings (SSSR count). The molecule has 128 valence electrons. The number of anilines is 1. The summed E-state index contributed by atoms with van der Waals surface area (Å²) >= 11 is 0. The number of carbonyl (C=O) groups is 1. The van der Waals surface area contributed by atoms with E-state index in [1.807, 2.05) is 32.2 Å². The SMILES string of the molecule is CCNC(=O)N(CC)c1ccc2c(c1)C(Cc1cnc[nH]1)CCO2. The number of H-pyrrole nitrogens is 1. The van der Waals surface area contributed by atoms with Crippen molar-refractivity contribution in [2.45, 2.75) is 32.6 Å². The third-order valence-corrected chi connectivity index (χ3v) is 4.38. The molecule has 1 atom stereocenters. The summed E-state index contributed by atoms with van der Waals surface area (Å²) in [6.45, 7) is 5.86. The molecule has 2 aromatic rings. The summed E-state index contributed by atoms with van der Waals surface area (Å²) in [4.78, 5) is 21.3. The van der Waals surface area contributed by atoms with E-state index in [9.17, 15) is 4.79 Å². The van der Waals surface area contributed by atoms with Crippen LogP contribution in [0.25, 0.3) is 0 Å². The predicted molar refractivity (Wildman–Crippen MR) is 93.7 cm³/mol. The van der Waals surface area contributed by atoms with Crippen molar-refractivity contribution in [3.05, 3.63) is 42.0 Å². The Bertz CT molecular complexity index is 684. The van der Waals surface area contributed by atoms with Crippen LogP contribution in [-0.4, -0.2) is 35.7 Å². The highest BCUT2D eigenvalue weighted by molar-refractivity contribution is 5.92. The molecule has 0 saturated heterocycles. The normalized spacial score (nSPS) is 16.2. The number of aromatic amines is 1. The van der Waals surface area contributed by atoms with Gasteiger partial charge >= 0.3 is 6.03 Å². The number of imidazole rings is 1. The lowest BCUT2D eigenvalue weighted by Gasteiger charge is -2.28. The molecule has 2 amide bonds. The topological polar surface area (TPSA) is 70.2 Å². The van der Waals surface area contributed by atoms with Gasteiger partial charge in [-0.15, -0.1) is 0 Å². The molecule has 1 aliphatic heterocycles. The van der Waals surface area contributed by atoms with Crippen molar-refractivity contribution in [3.8, 4) is 5.75 Å². The number of hydrogen-bond donors (Lipinski definition) is 2. The first-order valence-corrected chi connectivity index (χ1v) is 8.52. The van der Waals surface area contributed by atoms with E-state index in [0.29, 0.717) is 19.0 Å². The first-order chi connectivity index (χ1) is 11.7. The molecule has 0 bridgehead atoms. The minimum Gasteiger partial charge on any atom is -0.493 e. The Hall–Kier alpha value is -2.50. The Kier molecular flexibility index (Phi) is 5.03. The van der Waals surface area contributed by atoms with Gasteiger partial charge in [0.2, 0.25) is 0 Å². The van der Waals surface area contributed by atoms with Gasteiger partial charge in [0.05, 0.1) is 12.9 Å². The first-order valence-electron chi connectivity index (χ1n) is 8.52. The second kappa shape index (κ2) is 7.38. The van der Waals surface area contributed by atoms with Crippen molar-refractivity contribution in [2.24, 2.45) is 0 Å². The molecule has 24 heavy (non-hydrogen) atoms. The van der Waals surface area contributed by atoms with Crippen LogP contribution in [0.4, 0.5) is 10.5 Å². The second-order valence-electron chi connectivity index (χ2n) is 5.92. The maximum absolute atomic E-state index is 12.3. The summed E-state index contributed by atoms with van der Waals surface area (Å²) in [5, 5.41) is 2.87. The molecule has 0 fully saturated rings. The second-order valence-corrected chi connectivity index (χ2v) is 5.92. The fraction of sp³-hybridized carbons (Fsp3) is 0.444. The Balaban J connectivity index is 1.88. The van der Waals surface area contributed by atoms with E-state index in [1.165, 1.54) is 0 Å². The fourth-order valence-corrected chi connectivity index (χ4v) is 3.18. The van der Waals surface area contributed by atoms with Gasteiger partial charge in [-0.25, -0.2) is 9.78 Å². The number of urea groups is 1. The zero-order valence-corrected chi connectivity index (χ0v) is 14.2. The Morgan fingerprint density at radius 2 is 2.33 bits per heavy atom. The molecular formula is C18H24N4O2. The third-order valence-electron chi connectivity index (χ3n) is 4.38. The zero-order valence-electron chi connectivity index (χ0n) is 14.2. The van der Waals surface area contributed by atoms with Crippen LogP contribution in [0.15, 0.2) is 30.7 Å². The number of ether oxygens (including phenoxy) is 1. The lowest BCUT2D eigenvalue weighted by atomic mass is 9.89. The van der Waals surface area contributed by atoms with Crippen molar-refractivity contribution in [1.29, 1.82) is 0 Å². The molecule has 1 aliphatic rings. The number of nitrogens with zero attached hydrogens (tertiary/aromatic N) is 2. The van der Waals surface area contributed by atoms with Crippen LogP contribution >= 0.6 is 0 Å². The van der Waals surface area contributed by atoms with E-state index in [1.54, 1.807) is 11.2 Å². The molecule has 0 saturated carbocycles. The maximum Gasteiger partial charge on any atom is 0.321 e. The average molecular weight is 328 g/mol. The van der Waals surface area contributed by atoms with E-state index in [-0.39, 0.29) is 6.03 Å². The summed E-state index contributed by atoms with van der Waals surface area (Å²) in [6, 6.07) is 5.96. The molecule has 1 unspecified atom stereocenters. The molecule has 6 nitrogen and oxygen atoms in total. The third kappa shape index (κ3) is 3.37. The number of hydrogen-bond acceptors (Lipinski definition) is 3. The fourth-order valence-electron chi connectivity index (χ4n) is 3.18. The van der Waals surface area contributed by atoms with Gasteiger partial charge in [0.25, 0.3) is 0 Å². The number of fused-ring (bicyclic) bond motifs is 1. The van der Waals surface area contributed by atoms with Crippen molar-refractivity contribution in [1.82, 2.24) is 15.3 Å². The summed E-state index contributed by atoms with van der Waals surface area (Å²) in [7, 11) is 0. The van der Waals surface area contributed by atoms with Crippen LogP contribution < -0.4 is 15.0 Å². The quantitative estimate of drug-likeness (QED) is 0.886. The Morgan fingerprint density at radius 1 is 1.46 bits per heavy atom. The number of rotatable bonds is 5. The summed E-state index contributed by atoms with van der Waals surface area (Å²) in [5.74, 6) is 1.28. The monoisotopic (exact) mass is 328 g/mol. The molecule has 0 spiro atoms. The molecule has 6 heteroatoms. The average Bonchev–Trinajstić information content (AvgIpc) is 3.09. The maximum atomic E-state index is 12.3. The van der Waals surface area contributed by atoms with Crippen molar-refractivity contribution in [3.63, 3.8) is 0 Å². The molecule has 0 aliphatic carbocycles. The highest BCUT2D eigenvalue weighted by Crippen LogP contribution is 2.38. The van der Waals surface area contributed by atoms with Crippen LogP contribution in [0, 0.1) is 0 Å². The van der Waals surface area contributed by atoms with Crippen molar-refractivity contribution < 1.29 is 9.53 Å². The van der Waals surface area contributed by atoms with E-state index in [4.69, 9.17) is 4.74 Å². The molecule has 0 radical (unpaired) electrons. The van der Waals surface area contributed by atoms with Gasteiger partial charge in [-0.1, -0.05) is 0 Å². The highest BCUT2D eigenvalue weighted by atomic mass is 16.5. The lowest BCUT2D eigenvalue weighted by molar-refractivity contribution is 0.247. The van der Waals surface area contributed by atoms with Crippen molar-refractivity contribution in [2.75, 3.05) is 24.6 Å². The zero-order chi connectivity index (χ0) is 16.9. The van der Waals surface area contributed by atoms with Gasteiger partial charge in [-0.05, 0) is 56.4 Å². The van der Waals surface area contributed by atoms with Crippen LogP contribution in [-0.2, 0) is 6.42 Å². The van der Waals surface area contributed by atoms with E-state index >= 15 is 0 Å². The van der Waals surface area contributed by atoms with Gasteiger partial charge in [-0.3, -0.25) is 4.90 Å². The number of benzene rings is 1. The van der Waals surface area contributed by atoms with Crippen LogP contribution in [0.5, 0.6) is 5.75 Å². The van der Waals surface area contributed by atoms with E-state index in [0.717, 1.165) is 42.1 Å². The van der Waals surface area contributed by atoms with Crippen LogP contribution in [0.2, 0.25) is 0 Å². The van der Waals surface area contributed by atoms with Crippen LogP contribution in [0.1, 0.15) is 37.4 Å². The van der Waals surface area contributed by atoms with Gasteiger partial charge in [-0.2, -0.15) is 0 Å². The highest BCUT2D eigenvalue weighted by Gasteiger charge is 2.24. The first kappa shape index (κ1) is 16.4. The van der Waals surface area contributed by atoms with Gasteiger partial charge in [0.1, 0.15) is 5.75 Å². The molecule has 2 N–H and O–H groups in total. The smallest absolute Gasteiger partial charge is 0.321 e. The van der Waals surface area contributed by atoms with Gasteiger partial charge in [0.15, 0.2) is 0 Å². The Labute approximate surface area is 142 Å². The van der Waals surface area contributed by atoms with E-state index in [2.05, 4.69) is 21.4 Å². The van der Waals surface area contributed by atoms with Crippen LogP contribution in [0.3, 0.4) is 0 Å². The molecule has 2 heterocycles. The van der Waals surface area contributed by atoms with Crippen molar-refractivity contribution >= 4 is 11.7 Å². The Morgan fingerprint density at radius 3 is 3.04 bits per heavy atom. The molecular weight excluding hydrogens is 304 g/mol. The molecule has 1 aromatic carbocycles. The van der Waals surface area contributed by atoms with Gasteiger partial charge < -0.3 is 15.0 Å². The minimum atomic E-state index is -0.0678. The summed E-state index contributed by atoms with van der Waals surface area (Å²) < 4.78 is 5.80. The molecule has 1 aromatic heterocycles. The minimum absolute atomic E-state index is 0.0678. The predicted octanol–water partition coefficient (Wildman–Crippen LogP) is 3.07. The summed E-state index contributed by atoms with van der Waals surface area (Å²) in [6.07, 6.45) is 5.43. The largest absolute Gasteiger partial charge is 0.493 e. The van der Waals surface area contributed by atoms with Gasteiger partial charge in [0, 0.05) is 30.7 Å². The van der Waals surface area contributed by atoms with E-state index < -0.39 is 0 Å². The summed E-state index contributed by atoms with van der Waals surface area (Å²) in [5.41, 5.74) is 3.19. The number of aromatic nitrogens is 2. The number of carbonyl (C=O) groups excluding carboxylic acids is 1. The lowest BCUT2D eigenvalue weighted by Crippen LogP contribution is -2.39. The number of amides is 2. The number of nitrogens with one attached hydrogen (secondary N) is 2.